The van der Waals surface area contributed by atoms with Crippen molar-refractivity contribution >= 4 is 60.8 Å². The van der Waals surface area contributed by atoms with Crippen molar-refractivity contribution in [1.29, 1.82) is 0 Å². The van der Waals surface area contributed by atoms with Crippen LogP contribution in [0.3, 0.4) is 0 Å². The van der Waals surface area contributed by atoms with Crippen molar-refractivity contribution in [3.05, 3.63) is 326 Å². The second-order valence-corrected chi connectivity index (χ2v) is 21.8. The number of para-hydroxylation sites is 2. The van der Waals surface area contributed by atoms with Crippen LogP contribution in [-0.4, -0.2) is 4.57 Å². The molecule has 2 heterocycles. The minimum Gasteiger partial charge on any atom is -0.456 e. The molecule has 3 heteroatoms. The van der Waals surface area contributed by atoms with Crippen molar-refractivity contribution in [2.75, 3.05) is 4.90 Å². The van der Waals surface area contributed by atoms with E-state index in [-0.39, 0.29) is 0 Å². The zero-order valence-electron chi connectivity index (χ0n) is 44.7. The third-order valence-corrected chi connectivity index (χ3v) is 17.6. The van der Waals surface area contributed by atoms with E-state index in [1.165, 1.54) is 66.3 Å². The third-order valence-electron chi connectivity index (χ3n) is 17.6. The lowest BCUT2D eigenvalue weighted by Gasteiger charge is -2.37. The van der Waals surface area contributed by atoms with Gasteiger partial charge < -0.3 is 13.9 Å². The van der Waals surface area contributed by atoms with Crippen LogP contribution in [0.4, 0.5) is 17.1 Å². The van der Waals surface area contributed by atoms with E-state index in [1.54, 1.807) is 0 Å². The largest absolute Gasteiger partial charge is 0.456 e. The molecule has 0 bridgehead atoms. The Morgan fingerprint density at radius 1 is 0.293 bits per heavy atom. The summed E-state index contributed by atoms with van der Waals surface area (Å²) < 4.78 is 9.55. The molecule has 0 aliphatic heterocycles. The number of anilines is 3. The van der Waals surface area contributed by atoms with Crippen molar-refractivity contribution in [1.82, 2.24) is 4.57 Å². The summed E-state index contributed by atoms with van der Waals surface area (Å²) in [7, 11) is 0. The van der Waals surface area contributed by atoms with Gasteiger partial charge in [-0.3, -0.25) is 0 Å². The number of hydrogen-bond donors (Lipinski definition) is 0. The maximum absolute atomic E-state index is 7.17. The first-order chi connectivity index (χ1) is 40.7. The monoisotopic (exact) mass is 1040 g/mol. The Labute approximate surface area is 475 Å². The van der Waals surface area contributed by atoms with Crippen LogP contribution >= 0.6 is 0 Å². The van der Waals surface area contributed by atoms with Crippen LogP contribution in [0.2, 0.25) is 0 Å². The average Bonchev–Trinajstić information content (AvgIpc) is 1.94. The number of hydrogen-bond acceptors (Lipinski definition) is 2. The van der Waals surface area contributed by atoms with E-state index in [0.717, 1.165) is 89.2 Å². The van der Waals surface area contributed by atoms with Gasteiger partial charge >= 0.3 is 0 Å². The third kappa shape index (κ3) is 6.71. The molecule has 2 aliphatic carbocycles. The zero-order valence-corrected chi connectivity index (χ0v) is 44.7. The second kappa shape index (κ2) is 18.2. The minimum atomic E-state index is -0.653. The van der Waals surface area contributed by atoms with Crippen LogP contribution in [0.15, 0.2) is 308 Å². The highest BCUT2D eigenvalue weighted by molar-refractivity contribution is 6.19. The van der Waals surface area contributed by atoms with Crippen molar-refractivity contribution in [2.24, 2.45) is 0 Å². The molecule has 15 aromatic rings. The van der Waals surface area contributed by atoms with Crippen LogP contribution in [0.25, 0.3) is 116 Å². The number of fused-ring (bicyclic) bond motifs is 16. The van der Waals surface area contributed by atoms with Crippen LogP contribution in [-0.2, 0) is 5.41 Å². The van der Waals surface area contributed by atoms with Crippen molar-refractivity contribution in [3.8, 4) is 72.4 Å². The lowest BCUT2D eigenvalue weighted by atomic mass is 9.70. The fourth-order valence-corrected chi connectivity index (χ4v) is 14.2. The van der Waals surface area contributed by atoms with Gasteiger partial charge in [0.05, 0.1) is 38.9 Å². The summed E-state index contributed by atoms with van der Waals surface area (Å²) in [5.74, 6) is 0. The summed E-state index contributed by atoms with van der Waals surface area (Å²) in [4.78, 5) is 2.63. The summed E-state index contributed by atoms with van der Waals surface area (Å²) in [6.45, 7) is 0. The predicted octanol–water partition coefficient (Wildman–Crippen LogP) is 21.2. The molecule has 0 radical (unpaired) electrons. The van der Waals surface area contributed by atoms with E-state index in [2.05, 4.69) is 313 Å². The van der Waals surface area contributed by atoms with Gasteiger partial charge in [-0.15, -0.1) is 0 Å². The molecule has 17 rings (SSSR count). The highest BCUT2D eigenvalue weighted by Gasteiger charge is 2.53. The van der Waals surface area contributed by atoms with Gasteiger partial charge in [-0.25, -0.2) is 0 Å². The van der Waals surface area contributed by atoms with E-state index in [4.69, 9.17) is 4.42 Å². The van der Waals surface area contributed by atoms with Gasteiger partial charge in [0.1, 0.15) is 11.2 Å². The lowest BCUT2D eigenvalue weighted by Crippen LogP contribution is -2.28. The molecule has 2 aromatic heterocycles. The molecule has 0 unspecified atom stereocenters. The fraction of sp³-hybridized carbons (Fsp3) is 0.0127. The van der Waals surface area contributed by atoms with Crippen LogP contribution in [0, 0.1) is 0 Å². The zero-order chi connectivity index (χ0) is 53.9. The van der Waals surface area contributed by atoms with Gasteiger partial charge in [-0.2, -0.15) is 0 Å². The van der Waals surface area contributed by atoms with E-state index >= 15 is 0 Å². The van der Waals surface area contributed by atoms with E-state index in [1.807, 2.05) is 0 Å². The predicted molar refractivity (Wildman–Crippen MR) is 341 cm³/mol. The van der Waals surface area contributed by atoms with E-state index in [0.29, 0.717) is 0 Å². The molecule has 2 aliphatic rings. The lowest BCUT2D eigenvalue weighted by molar-refractivity contribution is 0.669. The number of benzene rings is 13. The molecule has 0 atom stereocenters. The SMILES string of the molecule is c1ccc(-c2ccc(N(c3cccc4c3C3(c5ccccc5-c5ccccc53)c3ccccc3-4)c3c(-c4ccccc4)ccc4oc5ccc(-c6ccc7c(c6)c6ccccc6n7-c6ccccc6)cc5c34)c(-c3ccccc3)c2)cc1. The molecule has 0 saturated heterocycles. The molecular weight excluding hydrogens is 993 g/mol. The van der Waals surface area contributed by atoms with E-state index < -0.39 is 5.41 Å². The fourth-order valence-electron chi connectivity index (χ4n) is 14.2. The van der Waals surface area contributed by atoms with Crippen LogP contribution in [0.5, 0.6) is 0 Å². The Morgan fingerprint density at radius 3 is 1.48 bits per heavy atom. The number of furan rings is 1. The topological polar surface area (TPSA) is 21.3 Å². The maximum atomic E-state index is 7.17. The normalized spacial score (nSPS) is 12.7. The first kappa shape index (κ1) is 46.2. The summed E-state index contributed by atoms with van der Waals surface area (Å²) in [5, 5.41) is 4.52. The van der Waals surface area contributed by atoms with Gasteiger partial charge in [0.15, 0.2) is 0 Å². The summed E-state index contributed by atoms with van der Waals surface area (Å²) in [5.41, 5.74) is 26.8. The Bertz CT molecular complexity index is 4970. The summed E-state index contributed by atoms with van der Waals surface area (Å²) in [6.07, 6.45) is 0. The first-order valence-electron chi connectivity index (χ1n) is 28.3. The molecule has 13 aromatic carbocycles. The van der Waals surface area contributed by atoms with Gasteiger partial charge in [-0.1, -0.05) is 231 Å². The standard InChI is InChI=1S/C79H50N2O/c1-5-22-51(23-6-1)54-40-44-71(64(48-54)53-26-9-3-10-27-53)81(73-39-21-34-63-61-32-15-19-37-69(61)79(77(63)73)67-35-17-13-30-59(67)60-31-14-18-36-68(60)79)78-58(52-24-7-2-8-25-52)43-47-75-76(78)66-50-56(42-46-74(66)82-75)55-41-45-72-65(49-55)62-33-16-20-38-70(62)80(72)57-28-11-4-12-29-57/h1-50H. The van der Waals surface area contributed by atoms with Gasteiger partial charge in [-0.05, 0) is 145 Å². The first-order valence-corrected chi connectivity index (χ1v) is 28.3. The molecular formula is C79H50N2O. The Hall–Kier alpha value is -10.7. The molecule has 382 valence electrons. The number of nitrogens with zero attached hydrogens (tertiary/aromatic N) is 2. The van der Waals surface area contributed by atoms with Gasteiger partial charge in [0, 0.05) is 38.5 Å². The van der Waals surface area contributed by atoms with Crippen molar-refractivity contribution < 1.29 is 4.42 Å². The summed E-state index contributed by atoms with van der Waals surface area (Å²) in [6, 6.07) is 112. The number of rotatable bonds is 8. The van der Waals surface area contributed by atoms with Crippen LogP contribution < -0.4 is 4.90 Å². The molecule has 1 spiro atoms. The minimum absolute atomic E-state index is 0.653. The van der Waals surface area contributed by atoms with Crippen molar-refractivity contribution in [2.45, 2.75) is 5.41 Å². The summed E-state index contributed by atoms with van der Waals surface area (Å²) >= 11 is 0. The van der Waals surface area contributed by atoms with E-state index in [9.17, 15) is 0 Å². The molecule has 82 heavy (non-hydrogen) atoms. The Balaban J connectivity index is 1.00. The maximum Gasteiger partial charge on any atom is 0.137 e. The highest BCUT2D eigenvalue weighted by Crippen LogP contribution is 2.66. The Kier molecular flexibility index (Phi) is 10.2. The molecule has 0 amide bonds. The number of aromatic nitrogens is 1. The van der Waals surface area contributed by atoms with Gasteiger partial charge in [0.2, 0.25) is 0 Å². The van der Waals surface area contributed by atoms with Crippen molar-refractivity contribution in [3.63, 3.8) is 0 Å². The Morgan fingerprint density at radius 2 is 0.793 bits per heavy atom. The molecule has 0 fully saturated rings. The second-order valence-electron chi connectivity index (χ2n) is 21.8. The molecule has 0 N–H and O–H groups in total. The molecule has 0 saturated carbocycles. The van der Waals surface area contributed by atoms with Crippen LogP contribution in [0.1, 0.15) is 22.3 Å². The molecule has 3 nitrogen and oxygen atoms in total. The van der Waals surface area contributed by atoms with Gasteiger partial charge in [0.25, 0.3) is 0 Å². The smallest absolute Gasteiger partial charge is 0.137 e. The average molecular weight is 1040 g/mol. The quantitative estimate of drug-likeness (QED) is 0.151. The highest BCUT2D eigenvalue weighted by atomic mass is 16.3.